The summed E-state index contributed by atoms with van der Waals surface area (Å²) in [6.45, 7) is 8.02. The molecule has 1 amide bonds. The molecule has 0 bridgehead atoms. The molecular formula is C14H29IN4O2. The number of halogens is 1. The summed E-state index contributed by atoms with van der Waals surface area (Å²) in [5.41, 5.74) is 0. The molecule has 0 aromatic rings. The van der Waals surface area contributed by atoms with Crippen molar-refractivity contribution in [3.05, 3.63) is 0 Å². The van der Waals surface area contributed by atoms with Crippen LogP contribution in [0.2, 0.25) is 0 Å². The normalized spacial score (nSPS) is 16.6. The highest BCUT2D eigenvalue weighted by Crippen LogP contribution is 2.09. The van der Waals surface area contributed by atoms with Gasteiger partial charge in [0.15, 0.2) is 5.96 Å². The van der Waals surface area contributed by atoms with E-state index in [1.54, 1.807) is 7.11 Å². The lowest BCUT2D eigenvalue weighted by Gasteiger charge is -2.17. The fraction of sp³-hybridized carbons (Fsp3) is 0.857. The predicted molar refractivity (Wildman–Crippen MR) is 96.3 cm³/mol. The van der Waals surface area contributed by atoms with Crippen LogP contribution in [0, 0.1) is 0 Å². The molecule has 0 aromatic heterocycles. The van der Waals surface area contributed by atoms with Gasteiger partial charge in [-0.05, 0) is 26.7 Å². The van der Waals surface area contributed by atoms with Crippen LogP contribution in [0.5, 0.6) is 0 Å². The van der Waals surface area contributed by atoms with E-state index in [0.29, 0.717) is 13.0 Å². The van der Waals surface area contributed by atoms with Crippen molar-refractivity contribution >= 4 is 35.8 Å². The van der Waals surface area contributed by atoms with Crippen molar-refractivity contribution in [1.29, 1.82) is 0 Å². The number of methoxy groups -OCH3 is 1. The molecule has 7 heteroatoms. The van der Waals surface area contributed by atoms with Crippen LogP contribution in [0.4, 0.5) is 0 Å². The SMILES string of the molecule is CCNC(=NCCCN1CCCC1=O)NC(C)COC.I. The second-order valence-electron chi connectivity index (χ2n) is 5.10. The number of ether oxygens (including phenoxy) is 1. The van der Waals surface area contributed by atoms with Crippen molar-refractivity contribution in [1.82, 2.24) is 15.5 Å². The van der Waals surface area contributed by atoms with Gasteiger partial charge in [0, 0.05) is 45.8 Å². The molecule has 124 valence electrons. The summed E-state index contributed by atoms with van der Waals surface area (Å²) in [5, 5.41) is 6.50. The lowest BCUT2D eigenvalue weighted by Crippen LogP contribution is -2.44. The molecule has 0 radical (unpaired) electrons. The summed E-state index contributed by atoms with van der Waals surface area (Å²) in [7, 11) is 1.69. The highest BCUT2D eigenvalue weighted by Gasteiger charge is 2.18. The Hall–Kier alpha value is -0.570. The van der Waals surface area contributed by atoms with Crippen molar-refractivity contribution in [2.24, 2.45) is 4.99 Å². The summed E-state index contributed by atoms with van der Waals surface area (Å²) < 4.78 is 5.10. The van der Waals surface area contributed by atoms with Crippen LogP contribution >= 0.6 is 24.0 Å². The number of likely N-dealkylation sites (tertiary alicyclic amines) is 1. The summed E-state index contributed by atoms with van der Waals surface area (Å²) in [6, 6.07) is 0.220. The van der Waals surface area contributed by atoms with Crippen molar-refractivity contribution in [2.45, 2.75) is 39.2 Å². The number of amides is 1. The topological polar surface area (TPSA) is 66.0 Å². The zero-order chi connectivity index (χ0) is 14.8. The van der Waals surface area contributed by atoms with E-state index in [4.69, 9.17) is 4.74 Å². The molecule has 0 spiro atoms. The van der Waals surface area contributed by atoms with Gasteiger partial charge in [-0.15, -0.1) is 24.0 Å². The zero-order valence-electron chi connectivity index (χ0n) is 13.4. The molecule has 1 unspecified atom stereocenters. The second-order valence-corrected chi connectivity index (χ2v) is 5.10. The number of nitrogens with zero attached hydrogens (tertiary/aromatic N) is 2. The quantitative estimate of drug-likeness (QED) is 0.272. The molecule has 1 heterocycles. The summed E-state index contributed by atoms with van der Waals surface area (Å²) >= 11 is 0. The number of guanidine groups is 1. The number of hydrogen-bond acceptors (Lipinski definition) is 3. The molecule has 1 saturated heterocycles. The predicted octanol–water partition coefficient (Wildman–Crippen LogP) is 1.21. The Bertz CT molecular complexity index is 326. The first-order valence-electron chi connectivity index (χ1n) is 7.49. The highest BCUT2D eigenvalue weighted by molar-refractivity contribution is 14.0. The first-order valence-corrected chi connectivity index (χ1v) is 7.49. The van der Waals surface area contributed by atoms with Gasteiger partial charge in [-0.1, -0.05) is 0 Å². The minimum atomic E-state index is 0. The van der Waals surface area contributed by atoms with Crippen LogP contribution in [0.3, 0.4) is 0 Å². The van der Waals surface area contributed by atoms with E-state index in [1.165, 1.54) is 0 Å². The minimum absolute atomic E-state index is 0. The van der Waals surface area contributed by atoms with Crippen LogP contribution in [0.1, 0.15) is 33.1 Å². The number of carbonyl (C=O) groups excluding carboxylic acids is 1. The van der Waals surface area contributed by atoms with Gasteiger partial charge in [0.2, 0.25) is 5.91 Å². The molecule has 1 atom stereocenters. The van der Waals surface area contributed by atoms with E-state index in [2.05, 4.69) is 22.5 Å². The average Bonchev–Trinajstić information content (AvgIpc) is 2.80. The first-order chi connectivity index (χ1) is 9.67. The maximum absolute atomic E-state index is 11.5. The molecule has 1 fully saturated rings. The van der Waals surface area contributed by atoms with Crippen LogP contribution in [-0.2, 0) is 9.53 Å². The Morgan fingerprint density at radius 3 is 2.86 bits per heavy atom. The van der Waals surface area contributed by atoms with E-state index in [-0.39, 0.29) is 35.9 Å². The molecule has 2 N–H and O–H groups in total. The molecular weight excluding hydrogens is 383 g/mol. The first kappa shape index (κ1) is 20.4. The number of aliphatic imine (C=N–C) groups is 1. The Morgan fingerprint density at radius 1 is 1.52 bits per heavy atom. The van der Waals surface area contributed by atoms with Crippen LogP contribution < -0.4 is 10.6 Å². The van der Waals surface area contributed by atoms with Crippen molar-refractivity contribution in [2.75, 3.05) is 39.9 Å². The van der Waals surface area contributed by atoms with E-state index in [0.717, 1.165) is 45.0 Å². The van der Waals surface area contributed by atoms with Crippen LogP contribution in [0.25, 0.3) is 0 Å². The molecule has 1 aliphatic heterocycles. The van der Waals surface area contributed by atoms with Crippen molar-refractivity contribution in [3.8, 4) is 0 Å². The summed E-state index contributed by atoms with van der Waals surface area (Å²) in [5.74, 6) is 1.09. The number of hydrogen-bond donors (Lipinski definition) is 2. The Balaban J connectivity index is 0.00000400. The van der Waals surface area contributed by atoms with E-state index in [1.807, 2.05) is 11.8 Å². The number of rotatable bonds is 8. The third-order valence-electron chi connectivity index (χ3n) is 3.17. The standard InChI is InChI=1S/C14H28N4O2.HI/c1-4-15-14(17-12(2)11-20-3)16-8-6-10-18-9-5-7-13(18)19;/h12H,4-11H2,1-3H3,(H2,15,16,17);1H. The van der Waals surface area contributed by atoms with Gasteiger partial charge >= 0.3 is 0 Å². The van der Waals surface area contributed by atoms with Crippen molar-refractivity contribution in [3.63, 3.8) is 0 Å². The molecule has 0 aliphatic carbocycles. The van der Waals surface area contributed by atoms with E-state index in [9.17, 15) is 4.79 Å². The molecule has 6 nitrogen and oxygen atoms in total. The van der Waals surface area contributed by atoms with Gasteiger partial charge in [0.05, 0.1) is 6.61 Å². The minimum Gasteiger partial charge on any atom is -0.383 e. The number of nitrogens with one attached hydrogen (secondary N) is 2. The van der Waals surface area contributed by atoms with Crippen LogP contribution in [0.15, 0.2) is 4.99 Å². The summed E-state index contributed by atoms with van der Waals surface area (Å²) in [4.78, 5) is 17.9. The Labute approximate surface area is 145 Å². The van der Waals surface area contributed by atoms with Gasteiger partial charge in [-0.2, -0.15) is 0 Å². The molecule has 21 heavy (non-hydrogen) atoms. The van der Waals surface area contributed by atoms with Crippen LogP contribution in [-0.4, -0.2) is 62.7 Å². The average molecular weight is 412 g/mol. The Morgan fingerprint density at radius 2 is 2.29 bits per heavy atom. The lowest BCUT2D eigenvalue weighted by atomic mass is 10.3. The third kappa shape index (κ3) is 8.45. The molecule has 1 aliphatic rings. The maximum Gasteiger partial charge on any atom is 0.222 e. The lowest BCUT2D eigenvalue weighted by molar-refractivity contribution is -0.127. The largest absolute Gasteiger partial charge is 0.383 e. The highest BCUT2D eigenvalue weighted by atomic mass is 127. The smallest absolute Gasteiger partial charge is 0.222 e. The van der Waals surface area contributed by atoms with Gasteiger partial charge in [0.1, 0.15) is 0 Å². The van der Waals surface area contributed by atoms with E-state index < -0.39 is 0 Å². The maximum atomic E-state index is 11.5. The van der Waals surface area contributed by atoms with Gasteiger partial charge in [-0.3, -0.25) is 9.79 Å². The monoisotopic (exact) mass is 412 g/mol. The van der Waals surface area contributed by atoms with Gasteiger partial charge < -0.3 is 20.3 Å². The Kier molecular flexibility index (Phi) is 11.7. The molecule has 0 aromatic carbocycles. The third-order valence-corrected chi connectivity index (χ3v) is 3.17. The second kappa shape index (κ2) is 12.0. The summed E-state index contributed by atoms with van der Waals surface area (Å²) in [6.07, 6.45) is 2.61. The fourth-order valence-electron chi connectivity index (χ4n) is 2.24. The van der Waals surface area contributed by atoms with Crippen molar-refractivity contribution < 1.29 is 9.53 Å². The van der Waals surface area contributed by atoms with E-state index >= 15 is 0 Å². The van der Waals surface area contributed by atoms with Gasteiger partial charge in [-0.25, -0.2) is 0 Å². The molecule has 0 saturated carbocycles. The molecule has 1 rings (SSSR count). The fourth-order valence-corrected chi connectivity index (χ4v) is 2.24. The van der Waals surface area contributed by atoms with Gasteiger partial charge in [0.25, 0.3) is 0 Å². The zero-order valence-corrected chi connectivity index (χ0v) is 15.7. The number of carbonyl (C=O) groups is 1.